The highest BCUT2D eigenvalue weighted by atomic mass is 32.2. The lowest BCUT2D eigenvalue weighted by Crippen LogP contribution is -2.35. The van der Waals surface area contributed by atoms with Gasteiger partial charge < -0.3 is 5.32 Å². The summed E-state index contributed by atoms with van der Waals surface area (Å²) in [4.78, 5) is 4.23. The molecule has 0 aliphatic heterocycles. The molecule has 0 saturated carbocycles. The Morgan fingerprint density at radius 3 is 2.38 bits per heavy atom. The number of sulfonamides is 1. The molecule has 3 rings (SSSR count). The second-order valence-corrected chi connectivity index (χ2v) is 6.78. The Balaban J connectivity index is 1.82. The van der Waals surface area contributed by atoms with Gasteiger partial charge >= 0.3 is 0 Å². The molecule has 5 nitrogen and oxygen atoms in total. The van der Waals surface area contributed by atoms with Crippen molar-refractivity contribution in [2.75, 3.05) is 12.4 Å². The van der Waals surface area contributed by atoms with Crippen LogP contribution in [0, 0.1) is 0 Å². The minimum absolute atomic E-state index is 0.0997. The number of hydrogen-bond acceptors (Lipinski definition) is 4. The fourth-order valence-electron chi connectivity index (χ4n) is 2.72. The molecule has 0 saturated heterocycles. The third kappa shape index (κ3) is 2.77. The first-order valence-electron chi connectivity index (χ1n) is 6.82. The summed E-state index contributed by atoms with van der Waals surface area (Å²) in [5, 5.41) is 2.81. The zero-order valence-corrected chi connectivity index (χ0v) is 12.5. The van der Waals surface area contributed by atoms with E-state index in [0.717, 1.165) is 12.8 Å². The fraction of sp³-hybridized carbons (Fsp3) is 0.267. The van der Waals surface area contributed by atoms with Crippen LogP contribution >= 0.6 is 0 Å². The first-order chi connectivity index (χ1) is 10.1. The number of hydrogen-bond donors (Lipinski definition) is 2. The van der Waals surface area contributed by atoms with Crippen molar-refractivity contribution in [1.82, 2.24) is 9.71 Å². The summed E-state index contributed by atoms with van der Waals surface area (Å²) in [6.07, 6.45) is 3.02. The predicted molar refractivity (Wildman–Crippen MR) is 81.7 cm³/mol. The molecular formula is C15H17N3O2S. The summed E-state index contributed by atoms with van der Waals surface area (Å²) >= 11 is 0. The Kier molecular flexibility index (Phi) is 3.65. The number of benzene rings is 1. The minimum Gasteiger partial charge on any atom is -0.372 e. The van der Waals surface area contributed by atoms with Crippen LogP contribution in [0.25, 0.3) is 0 Å². The molecule has 1 aromatic heterocycles. The van der Waals surface area contributed by atoms with E-state index >= 15 is 0 Å². The van der Waals surface area contributed by atoms with Gasteiger partial charge in [0.1, 0.15) is 10.7 Å². The third-order valence-electron chi connectivity index (χ3n) is 3.67. The van der Waals surface area contributed by atoms with Gasteiger partial charge in [-0.2, -0.15) is 0 Å². The van der Waals surface area contributed by atoms with Gasteiger partial charge in [-0.25, -0.2) is 18.1 Å². The Hall–Kier alpha value is -1.92. The molecule has 0 radical (unpaired) electrons. The minimum atomic E-state index is -3.58. The second-order valence-electron chi connectivity index (χ2n) is 5.10. The fourth-order valence-corrected chi connectivity index (χ4v) is 4.12. The van der Waals surface area contributed by atoms with Gasteiger partial charge in [0.05, 0.1) is 0 Å². The highest BCUT2D eigenvalue weighted by Crippen LogP contribution is 2.24. The van der Waals surface area contributed by atoms with Gasteiger partial charge in [-0.3, -0.25) is 0 Å². The molecule has 21 heavy (non-hydrogen) atoms. The quantitative estimate of drug-likeness (QED) is 0.899. The summed E-state index contributed by atoms with van der Waals surface area (Å²) in [5.41, 5.74) is 2.43. The van der Waals surface area contributed by atoms with E-state index in [9.17, 15) is 8.42 Å². The number of rotatable bonds is 4. The van der Waals surface area contributed by atoms with Gasteiger partial charge in [0.2, 0.25) is 10.0 Å². The number of aromatic nitrogens is 1. The van der Waals surface area contributed by atoms with Crippen LogP contribution in [0.3, 0.4) is 0 Å². The molecule has 1 heterocycles. The third-order valence-corrected chi connectivity index (χ3v) is 5.22. The Morgan fingerprint density at radius 2 is 1.76 bits per heavy atom. The smallest absolute Gasteiger partial charge is 0.244 e. The Bertz CT molecular complexity index is 734. The van der Waals surface area contributed by atoms with Crippen LogP contribution in [0.2, 0.25) is 0 Å². The largest absolute Gasteiger partial charge is 0.372 e. The zero-order chi connectivity index (χ0) is 14.9. The van der Waals surface area contributed by atoms with E-state index in [1.165, 1.54) is 11.1 Å². The maximum atomic E-state index is 12.5. The van der Waals surface area contributed by atoms with E-state index in [1.807, 2.05) is 24.3 Å². The van der Waals surface area contributed by atoms with Crippen molar-refractivity contribution in [2.24, 2.45) is 0 Å². The van der Waals surface area contributed by atoms with Gasteiger partial charge in [-0.05, 0) is 36.1 Å². The van der Waals surface area contributed by atoms with Crippen LogP contribution in [-0.4, -0.2) is 26.5 Å². The van der Waals surface area contributed by atoms with Gasteiger partial charge in [-0.15, -0.1) is 0 Å². The monoisotopic (exact) mass is 303 g/mol. The van der Waals surface area contributed by atoms with Gasteiger partial charge in [-0.1, -0.05) is 24.3 Å². The summed E-state index contributed by atoms with van der Waals surface area (Å²) < 4.78 is 27.8. The molecule has 1 aromatic carbocycles. The van der Waals surface area contributed by atoms with Gasteiger partial charge in [0.25, 0.3) is 0 Å². The maximum Gasteiger partial charge on any atom is 0.244 e. The summed E-state index contributed by atoms with van der Waals surface area (Å²) in [6, 6.07) is 11.1. The molecule has 110 valence electrons. The van der Waals surface area contributed by atoms with Crippen LogP contribution in [-0.2, 0) is 22.9 Å². The van der Waals surface area contributed by atoms with Crippen LogP contribution in [0.15, 0.2) is 47.5 Å². The lowest BCUT2D eigenvalue weighted by molar-refractivity contribution is 0.555. The normalized spacial score (nSPS) is 14.9. The van der Waals surface area contributed by atoms with E-state index in [2.05, 4.69) is 15.0 Å². The van der Waals surface area contributed by atoms with Crippen molar-refractivity contribution in [1.29, 1.82) is 0 Å². The highest BCUT2D eigenvalue weighted by Gasteiger charge is 2.27. The molecule has 1 aliphatic carbocycles. The van der Waals surface area contributed by atoms with Crippen LogP contribution in [0.5, 0.6) is 0 Å². The van der Waals surface area contributed by atoms with Crippen LogP contribution in [0.4, 0.5) is 5.82 Å². The average molecular weight is 303 g/mol. The van der Waals surface area contributed by atoms with Gasteiger partial charge in [0.15, 0.2) is 0 Å². The van der Waals surface area contributed by atoms with E-state index in [1.54, 1.807) is 25.4 Å². The number of nitrogens with zero attached hydrogens (tertiary/aromatic N) is 1. The van der Waals surface area contributed by atoms with Crippen LogP contribution < -0.4 is 10.0 Å². The first kappa shape index (κ1) is 14.0. The molecule has 0 unspecified atom stereocenters. The zero-order valence-electron chi connectivity index (χ0n) is 11.7. The van der Waals surface area contributed by atoms with E-state index < -0.39 is 10.0 Å². The highest BCUT2D eigenvalue weighted by molar-refractivity contribution is 7.89. The molecule has 0 spiro atoms. The summed E-state index contributed by atoms with van der Waals surface area (Å²) in [6.45, 7) is 0. The molecule has 6 heteroatoms. The summed E-state index contributed by atoms with van der Waals surface area (Å²) in [7, 11) is -1.92. The van der Waals surface area contributed by atoms with Gasteiger partial charge in [0, 0.05) is 19.3 Å². The molecule has 2 N–H and O–H groups in total. The maximum absolute atomic E-state index is 12.5. The Labute approximate surface area is 124 Å². The predicted octanol–water partition coefficient (Wildman–Crippen LogP) is 1.57. The van der Waals surface area contributed by atoms with Crippen molar-refractivity contribution in [2.45, 2.75) is 23.8 Å². The number of fused-ring (bicyclic) bond motifs is 1. The second kappa shape index (κ2) is 5.46. The molecule has 2 aromatic rings. The lowest BCUT2D eigenvalue weighted by atomic mass is 10.1. The molecule has 0 amide bonds. The molecular weight excluding hydrogens is 286 g/mol. The van der Waals surface area contributed by atoms with Crippen molar-refractivity contribution in [3.8, 4) is 0 Å². The van der Waals surface area contributed by atoms with Crippen LogP contribution in [0.1, 0.15) is 11.1 Å². The molecule has 0 fully saturated rings. The van der Waals surface area contributed by atoms with E-state index in [4.69, 9.17) is 0 Å². The lowest BCUT2D eigenvalue weighted by Gasteiger charge is -2.14. The topological polar surface area (TPSA) is 71.1 Å². The number of pyridine rings is 1. The number of anilines is 1. The average Bonchev–Trinajstić information content (AvgIpc) is 2.88. The van der Waals surface area contributed by atoms with E-state index in [0.29, 0.717) is 5.82 Å². The summed E-state index contributed by atoms with van der Waals surface area (Å²) in [5.74, 6) is 0.362. The van der Waals surface area contributed by atoms with Crippen molar-refractivity contribution in [3.05, 3.63) is 53.7 Å². The van der Waals surface area contributed by atoms with Crippen molar-refractivity contribution < 1.29 is 8.42 Å². The van der Waals surface area contributed by atoms with E-state index in [-0.39, 0.29) is 10.9 Å². The SMILES string of the molecule is CNc1ncccc1S(=O)(=O)NC1Cc2ccccc2C1. The van der Waals surface area contributed by atoms with Crippen molar-refractivity contribution >= 4 is 15.8 Å². The first-order valence-corrected chi connectivity index (χ1v) is 8.30. The Morgan fingerprint density at radius 1 is 1.10 bits per heavy atom. The molecule has 0 atom stereocenters. The standard InChI is InChI=1S/C15H17N3O2S/c1-16-15-14(7-4-8-17-15)21(19,20)18-13-9-11-5-2-3-6-12(11)10-13/h2-8,13,18H,9-10H2,1H3,(H,16,17). The number of nitrogens with one attached hydrogen (secondary N) is 2. The van der Waals surface area contributed by atoms with Crippen molar-refractivity contribution in [3.63, 3.8) is 0 Å². The molecule has 0 bridgehead atoms. The molecule has 1 aliphatic rings.